The van der Waals surface area contributed by atoms with Gasteiger partial charge in [0.05, 0.1) is 30.9 Å². The standard InChI is InChI=1S/C31H29F3N4O4/c1-30(2)18-41-12-11-38(30)29(40)21-7-5-20(6-8-21)22-13-23-14-24(42-28(23)25(15-22)31(32,33)34)17-37-27(39)10-4-19-3-9-26(35)36-16-19/h3-10,13-16H,11-12,17-18H2,1-2H3,(H2,35,36)(H,37,39)/b10-4+. The molecule has 3 N–H and O–H groups in total. The second-order valence-corrected chi connectivity index (χ2v) is 10.6. The van der Waals surface area contributed by atoms with Gasteiger partial charge in [-0.15, -0.1) is 0 Å². The van der Waals surface area contributed by atoms with Crippen LogP contribution in [0.5, 0.6) is 0 Å². The van der Waals surface area contributed by atoms with Gasteiger partial charge < -0.3 is 25.1 Å². The Labute approximate surface area is 240 Å². The fourth-order valence-corrected chi connectivity index (χ4v) is 4.79. The number of furan rings is 1. The number of rotatable bonds is 6. The average molecular weight is 579 g/mol. The molecular weight excluding hydrogens is 549 g/mol. The monoisotopic (exact) mass is 578 g/mol. The van der Waals surface area contributed by atoms with Gasteiger partial charge in [0.25, 0.3) is 5.91 Å². The van der Waals surface area contributed by atoms with Gasteiger partial charge in [-0.05, 0) is 79.1 Å². The summed E-state index contributed by atoms with van der Waals surface area (Å²) in [5.74, 6) is -0.109. The van der Waals surface area contributed by atoms with Crippen molar-refractivity contribution in [3.8, 4) is 11.1 Å². The van der Waals surface area contributed by atoms with E-state index in [0.717, 1.165) is 6.07 Å². The van der Waals surface area contributed by atoms with Crippen LogP contribution in [-0.2, 0) is 22.3 Å². The van der Waals surface area contributed by atoms with Gasteiger partial charge in [-0.3, -0.25) is 9.59 Å². The van der Waals surface area contributed by atoms with E-state index in [-0.39, 0.29) is 29.2 Å². The first-order chi connectivity index (χ1) is 19.9. The van der Waals surface area contributed by atoms with Crippen molar-refractivity contribution in [3.05, 3.63) is 89.3 Å². The van der Waals surface area contributed by atoms with Crippen molar-refractivity contribution in [2.75, 3.05) is 25.5 Å². The van der Waals surface area contributed by atoms with Crippen LogP contribution in [0.2, 0.25) is 0 Å². The first-order valence-electron chi connectivity index (χ1n) is 13.2. The van der Waals surface area contributed by atoms with E-state index in [9.17, 15) is 22.8 Å². The third kappa shape index (κ3) is 6.31. The van der Waals surface area contributed by atoms with Crippen molar-refractivity contribution in [3.63, 3.8) is 0 Å². The number of halogens is 3. The van der Waals surface area contributed by atoms with Gasteiger partial charge in [0.1, 0.15) is 17.2 Å². The molecule has 0 aliphatic carbocycles. The van der Waals surface area contributed by atoms with E-state index in [1.807, 2.05) is 13.8 Å². The molecule has 0 unspecified atom stereocenters. The average Bonchev–Trinajstić information content (AvgIpc) is 3.37. The van der Waals surface area contributed by atoms with Crippen molar-refractivity contribution in [2.45, 2.75) is 32.1 Å². The minimum absolute atomic E-state index is 0.112. The van der Waals surface area contributed by atoms with E-state index in [1.54, 1.807) is 47.4 Å². The fourth-order valence-electron chi connectivity index (χ4n) is 4.79. The molecule has 2 amide bonds. The van der Waals surface area contributed by atoms with Crippen LogP contribution in [0.3, 0.4) is 0 Å². The van der Waals surface area contributed by atoms with Crippen LogP contribution in [0, 0.1) is 0 Å². The zero-order valence-electron chi connectivity index (χ0n) is 23.0. The lowest BCUT2D eigenvalue weighted by molar-refractivity contribution is -0.136. The zero-order chi connectivity index (χ0) is 30.1. The minimum Gasteiger partial charge on any atom is -0.459 e. The van der Waals surface area contributed by atoms with E-state index < -0.39 is 23.2 Å². The summed E-state index contributed by atoms with van der Waals surface area (Å²) in [6, 6.07) is 13.9. The molecule has 0 saturated carbocycles. The Kier molecular flexibility index (Phi) is 7.79. The molecule has 1 fully saturated rings. The molecule has 0 spiro atoms. The molecule has 0 bridgehead atoms. The van der Waals surface area contributed by atoms with E-state index in [2.05, 4.69) is 10.3 Å². The number of pyridine rings is 1. The summed E-state index contributed by atoms with van der Waals surface area (Å²) in [6.07, 6.45) is -0.357. The highest BCUT2D eigenvalue weighted by molar-refractivity contribution is 5.96. The second-order valence-electron chi connectivity index (χ2n) is 10.6. The van der Waals surface area contributed by atoms with E-state index in [0.29, 0.717) is 47.8 Å². The van der Waals surface area contributed by atoms with E-state index in [4.69, 9.17) is 14.9 Å². The number of morpholine rings is 1. The van der Waals surface area contributed by atoms with Gasteiger partial charge in [0.15, 0.2) is 0 Å². The molecule has 5 rings (SSSR count). The van der Waals surface area contributed by atoms with Gasteiger partial charge in [0.2, 0.25) is 5.91 Å². The molecule has 8 nitrogen and oxygen atoms in total. The first kappa shape index (κ1) is 28.9. The minimum atomic E-state index is -4.68. The maximum Gasteiger partial charge on any atom is 0.420 e. The molecule has 2 aromatic heterocycles. The van der Waals surface area contributed by atoms with Crippen LogP contribution < -0.4 is 11.1 Å². The number of benzene rings is 2. The number of hydrogen-bond donors (Lipinski definition) is 2. The van der Waals surface area contributed by atoms with Gasteiger partial charge in [-0.2, -0.15) is 13.2 Å². The number of carbonyl (C=O) groups is 2. The number of hydrogen-bond acceptors (Lipinski definition) is 6. The summed E-state index contributed by atoms with van der Waals surface area (Å²) in [7, 11) is 0. The number of ether oxygens (including phenoxy) is 1. The number of nitrogen functional groups attached to an aromatic ring is 1. The summed E-state index contributed by atoms with van der Waals surface area (Å²) in [5.41, 5.74) is 5.75. The highest BCUT2D eigenvalue weighted by Crippen LogP contribution is 2.39. The smallest absolute Gasteiger partial charge is 0.420 e. The zero-order valence-corrected chi connectivity index (χ0v) is 23.0. The molecule has 1 aliphatic heterocycles. The molecule has 3 heterocycles. The molecule has 0 atom stereocenters. The Morgan fingerprint density at radius 1 is 1.10 bits per heavy atom. The second kappa shape index (κ2) is 11.3. The highest BCUT2D eigenvalue weighted by atomic mass is 19.4. The first-order valence-corrected chi connectivity index (χ1v) is 13.2. The summed E-state index contributed by atoms with van der Waals surface area (Å²) < 4.78 is 53.2. The quantitative estimate of drug-likeness (QED) is 0.285. The molecular formula is C31H29F3N4O4. The Hall–Kier alpha value is -4.64. The Morgan fingerprint density at radius 3 is 2.52 bits per heavy atom. The van der Waals surface area contributed by atoms with Crippen LogP contribution >= 0.6 is 0 Å². The van der Waals surface area contributed by atoms with Crippen molar-refractivity contribution in [2.24, 2.45) is 0 Å². The molecule has 1 saturated heterocycles. The Bertz CT molecular complexity index is 1640. The van der Waals surface area contributed by atoms with E-state index >= 15 is 0 Å². The maximum absolute atomic E-state index is 14.1. The fraction of sp³-hybridized carbons (Fsp3) is 0.258. The third-order valence-corrected chi connectivity index (χ3v) is 7.00. The van der Waals surface area contributed by atoms with Gasteiger partial charge in [-0.1, -0.05) is 12.1 Å². The predicted octanol–water partition coefficient (Wildman–Crippen LogP) is 5.68. The largest absolute Gasteiger partial charge is 0.459 e. The number of amides is 2. The number of alkyl halides is 3. The lowest BCUT2D eigenvalue weighted by atomic mass is 9.97. The number of nitrogens with one attached hydrogen (secondary N) is 1. The topological polar surface area (TPSA) is 111 Å². The number of anilines is 1. The number of fused-ring (bicyclic) bond motifs is 1. The van der Waals surface area contributed by atoms with Crippen LogP contribution in [0.15, 0.2) is 71.3 Å². The van der Waals surface area contributed by atoms with Crippen LogP contribution in [0.25, 0.3) is 28.2 Å². The SMILES string of the molecule is CC1(C)COCCN1C(=O)c1ccc(-c2cc(C(F)(F)F)c3oc(CNC(=O)/C=C/c4ccc(N)nc4)cc3c2)cc1. The van der Waals surface area contributed by atoms with Crippen molar-refractivity contribution in [1.29, 1.82) is 0 Å². The molecule has 42 heavy (non-hydrogen) atoms. The number of nitrogens with two attached hydrogens (primary N) is 1. The van der Waals surface area contributed by atoms with E-state index in [1.165, 1.54) is 24.4 Å². The lowest BCUT2D eigenvalue weighted by Crippen LogP contribution is -2.55. The number of nitrogens with zero attached hydrogens (tertiary/aromatic N) is 2. The number of aromatic nitrogens is 1. The normalized spacial score (nSPS) is 15.3. The van der Waals surface area contributed by atoms with Crippen LogP contribution in [0.1, 0.15) is 41.1 Å². The van der Waals surface area contributed by atoms with Crippen molar-refractivity contribution in [1.82, 2.24) is 15.2 Å². The number of carbonyl (C=O) groups excluding carboxylic acids is 2. The van der Waals surface area contributed by atoms with Crippen molar-refractivity contribution < 1.29 is 31.9 Å². The van der Waals surface area contributed by atoms with Crippen LogP contribution in [0.4, 0.5) is 19.0 Å². The van der Waals surface area contributed by atoms with Crippen LogP contribution in [-0.4, -0.2) is 47.0 Å². The van der Waals surface area contributed by atoms with Crippen molar-refractivity contribution >= 4 is 34.7 Å². The molecule has 2 aromatic carbocycles. The molecule has 1 aliphatic rings. The summed E-state index contributed by atoms with van der Waals surface area (Å²) >= 11 is 0. The molecule has 218 valence electrons. The Morgan fingerprint density at radius 2 is 1.86 bits per heavy atom. The summed E-state index contributed by atoms with van der Waals surface area (Å²) in [4.78, 5) is 31.1. The van der Waals surface area contributed by atoms with Gasteiger partial charge in [0, 0.05) is 29.8 Å². The molecule has 11 heteroatoms. The van der Waals surface area contributed by atoms with Gasteiger partial charge >= 0.3 is 6.18 Å². The third-order valence-electron chi connectivity index (χ3n) is 7.00. The highest BCUT2D eigenvalue weighted by Gasteiger charge is 2.36. The predicted molar refractivity (Wildman–Crippen MR) is 152 cm³/mol. The maximum atomic E-state index is 14.1. The summed E-state index contributed by atoms with van der Waals surface area (Å²) in [6.45, 7) is 5.06. The summed E-state index contributed by atoms with van der Waals surface area (Å²) in [5, 5.41) is 2.84. The molecule has 4 aromatic rings. The molecule has 0 radical (unpaired) electrons. The van der Waals surface area contributed by atoms with Gasteiger partial charge in [-0.25, -0.2) is 4.98 Å². The lowest BCUT2D eigenvalue weighted by Gasteiger charge is -2.42. The Balaban J connectivity index is 1.36.